The summed E-state index contributed by atoms with van der Waals surface area (Å²) in [4.78, 5) is 4.04. The van der Waals surface area contributed by atoms with Gasteiger partial charge < -0.3 is 5.73 Å². The average molecular weight is 396 g/mol. The second-order valence-electron chi connectivity index (χ2n) is 5.65. The van der Waals surface area contributed by atoms with Crippen molar-refractivity contribution >= 4 is 26.0 Å². The number of halogens is 1. The molecule has 2 heterocycles. The van der Waals surface area contributed by atoms with Gasteiger partial charge in [0.1, 0.15) is 0 Å². The predicted molar refractivity (Wildman–Crippen MR) is 92.4 cm³/mol. The lowest BCUT2D eigenvalue weighted by Crippen LogP contribution is -2.30. The van der Waals surface area contributed by atoms with Crippen molar-refractivity contribution in [2.24, 2.45) is 11.7 Å². The first-order chi connectivity index (χ1) is 11.0. The van der Waals surface area contributed by atoms with Crippen molar-refractivity contribution in [2.45, 2.75) is 10.9 Å². The van der Waals surface area contributed by atoms with E-state index in [1.54, 1.807) is 6.07 Å². The van der Waals surface area contributed by atoms with Crippen LogP contribution in [0.3, 0.4) is 0 Å². The molecular weight excluding hydrogens is 378 g/mol. The first kappa shape index (κ1) is 16.6. The molecule has 122 valence electrons. The average Bonchev–Trinajstić information content (AvgIpc) is 3.01. The lowest BCUT2D eigenvalue weighted by atomic mass is 9.89. The molecule has 5 nitrogen and oxygen atoms in total. The molecule has 1 aliphatic rings. The summed E-state index contributed by atoms with van der Waals surface area (Å²) in [6, 6.07) is 13.2. The maximum atomic E-state index is 12.8. The normalized spacial score (nSPS) is 22.3. The summed E-state index contributed by atoms with van der Waals surface area (Å²) in [5.41, 5.74) is 7.01. The Kier molecular flexibility index (Phi) is 4.82. The van der Waals surface area contributed by atoms with Gasteiger partial charge in [0.2, 0.25) is 0 Å². The summed E-state index contributed by atoms with van der Waals surface area (Å²) in [7, 11) is -3.59. The highest BCUT2D eigenvalue weighted by atomic mass is 79.9. The minimum atomic E-state index is -3.59. The van der Waals surface area contributed by atoms with Crippen molar-refractivity contribution in [3.63, 3.8) is 0 Å². The van der Waals surface area contributed by atoms with E-state index in [2.05, 4.69) is 20.9 Å². The summed E-state index contributed by atoms with van der Waals surface area (Å²) >= 11 is 3.27. The van der Waals surface area contributed by atoms with Gasteiger partial charge in [-0.3, -0.25) is 0 Å². The topological polar surface area (TPSA) is 76.3 Å². The number of pyridine rings is 1. The van der Waals surface area contributed by atoms with Gasteiger partial charge in [0.15, 0.2) is 5.03 Å². The first-order valence-corrected chi connectivity index (χ1v) is 9.62. The van der Waals surface area contributed by atoms with E-state index in [1.807, 2.05) is 30.3 Å². The Morgan fingerprint density at radius 3 is 2.52 bits per heavy atom. The third kappa shape index (κ3) is 3.33. The van der Waals surface area contributed by atoms with Crippen LogP contribution in [0.1, 0.15) is 11.5 Å². The summed E-state index contributed by atoms with van der Waals surface area (Å²) in [5, 5.41) is 0.0742. The minimum Gasteiger partial charge on any atom is -0.330 e. The van der Waals surface area contributed by atoms with Crippen LogP contribution in [-0.4, -0.2) is 37.3 Å². The van der Waals surface area contributed by atoms with Crippen molar-refractivity contribution in [2.75, 3.05) is 19.6 Å². The fraction of sp³-hybridized carbons (Fsp3) is 0.312. The monoisotopic (exact) mass is 395 g/mol. The molecule has 2 N–H and O–H groups in total. The Hall–Kier alpha value is -1.28. The van der Waals surface area contributed by atoms with Crippen LogP contribution < -0.4 is 5.73 Å². The molecule has 1 saturated heterocycles. The van der Waals surface area contributed by atoms with E-state index in [1.165, 1.54) is 16.6 Å². The second-order valence-corrected chi connectivity index (χ2v) is 8.45. The fourth-order valence-electron chi connectivity index (χ4n) is 2.99. The van der Waals surface area contributed by atoms with Gasteiger partial charge in [-0.05, 0) is 46.1 Å². The predicted octanol–water partition coefficient (Wildman–Crippen LogP) is 2.21. The number of hydrogen-bond acceptors (Lipinski definition) is 4. The molecule has 1 aliphatic heterocycles. The highest BCUT2D eigenvalue weighted by Gasteiger charge is 2.39. The highest BCUT2D eigenvalue weighted by molar-refractivity contribution is 9.10. The second kappa shape index (κ2) is 6.68. The molecule has 1 aromatic heterocycles. The van der Waals surface area contributed by atoms with E-state index in [4.69, 9.17) is 5.73 Å². The molecule has 0 bridgehead atoms. The van der Waals surface area contributed by atoms with E-state index in [9.17, 15) is 8.42 Å². The zero-order valence-electron chi connectivity index (χ0n) is 12.5. The number of nitrogens with two attached hydrogens (primary N) is 1. The fourth-order valence-corrected chi connectivity index (χ4v) is 4.66. The van der Waals surface area contributed by atoms with Gasteiger partial charge in [-0.1, -0.05) is 30.3 Å². The molecule has 2 atom stereocenters. The van der Waals surface area contributed by atoms with Crippen LogP contribution in [0.15, 0.2) is 58.2 Å². The lowest BCUT2D eigenvalue weighted by Gasteiger charge is -2.16. The lowest BCUT2D eigenvalue weighted by molar-refractivity contribution is 0.456. The Morgan fingerprint density at radius 1 is 1.17 bits per heavy atom. The molecule has 3 rings (SSSR count). The number of nitrogens with zero attached hydrogens (tertiary/aromatic N) is 2. The van der Waals surface area contributed by atoms with Gasteiger partial charge >= 0.3 is 0 Å². The Bertz CT molecular complexity index is 766. The maximum Gasteiger partial charge on any atom is 0.260 e. The molecular formula is C16H18BrN3O2S. The minimum absolute atomic E-state index is 0.0742. The van der Waals surface area contributed by atoms with Crippen LogP contribution in [0.2, 0.25) is 0 Å². The number of hydrogen-bond donors (Lipinski definition) is 1. The molecule has 0 aliphatic carbocycles. The summed E-state index contributed by atoms with van der Waals surface area (Å²) in [5.74, 6) is 0.231. The number of aromatic nitrogens is 1. The third-order valence-electron chi connectivity index (χ3n) is 4.24. The first-order valence-electron chi connectivity index (χ1n) is 7.39. The molecule has 0 saturated carbocycles. The number of benzene rings is 1. The standard InChI is InChI=1S/C16H18BrN3O2S/c17-14-6-7-16(19-9-14)23(21,22)20-10-13(8-18)15(11-20)12-4-2-1-3-5-12/h1-7,9,13,15H,8,10-11,18H2/t13-,15+/m1/s1. The van der Waals surface area contributed by atoms with Crippen LogP contribution in [0.5, 0.6) is 0 Å². The zero-order chi connectivity index (χ0) is 16.4. The smallest absolute Gasteiger partial charge is 0.260 e. The maximum absolute atomic E-state index is 12.8. The van der Waals surface area contributed by atoms with Crippen LogP contribution >= 0.6 is 15.9 Å². The van der Waals surface area contributed by atoms with Gasteiger partial charge in [0.05, 0.1) is 0 Å². The quantitative estimate of drug-likeness (QED) is 0.860. The van der Waals surface area contributed by atoms with E-state index >= 15 is 0 Å². The van der Waals surface area contributed by atoms with Crippen LogP contribution in [0.25, 0.3) is 0 Å². The van der Waals surface area contributed by atoms with E-state index in [0.717, 1.165) is 10.0 Å². The van der Waals surface area contributed by atoms with Crippen LogP contribution in [-0.2, 0) is 10.0 Å². The van der Waals surface area contributed by atoms with Crippen molar-refractivity contribution in [1.29, 1.82) is 0 Å². The molecule has 1 fully saturated rings. The van der Waals surface area contributed by atoms with Crippen LogP contribution in [0, 0.1) is 5.92 Å². The van der Waals surface area contributed by atoms with Crippen molar-refractivity contribution in [1.82, 2.24) is 9.29 Å². The third-order valence-corrected chi connectivity index (χ3v) is 6.46. The van der Waals surface area contributed by atoms with Crippen LogP contribution in [0.4, 0.5) is 0 Å². The van der Waals surface area contributed by atoms with E-state index in [-0.39, 0.29) is 16.9 Å². The van der Waals surface area contributed by atoms with Crippen molar-refractivity contribution < 1.29 is 8.42 Å². The zero-order valence-corrected chi connectivity index (χ0v) is 14.9. The van der Waals surface area contributed by atoms with E-state index in [0.29, 0.717) is 19.6 Å². The van der Waals surface area contributed by atoms with Gasteiger partial charge in [-0.2, -0.15) is 4.31 Å². The largest absolute Gasteiger partial charge is 0.330 e. The number of rotatable bonds is 4. The van der Waals surface area contributed by atoms with Crippen molar-refractivity contribution in [3.8, 4) is 0 Å². The molecule has 0 spiro atoms. The molecule has 0 unspecified atom stereocenters. The Morgan fingerprint density at radius 2 is 1.91 bits per heavy atom. The van der Waals surface area contributed by atoms with Gasteiger partial charge in [-0.15, -0.1) is 0 Å². The molecule has 0 amide bonds. The van der Waals surface area contributed by atoms with Gasteiger partial charge in [-0.25, -0.2) is 13.4 Å². The van der Waals surface area contributed by atoms with Crippen molar-refractivity contribution in [3.05, 3.63) is 58.7 Å². The molecule has 23 heavy (non-hydrogen) atoms. The van der Waals surface area contributed by atoms with Gasteiger partial charge in [0, 0.05) is 29.7 Å². The molecule has 2 aromatic rings. The summed E-state index contributed by atoms with van der Waals surface area (Å²) in [6.45, 7) is 1.32. The SMILES string of the molecule is NC[C@@H]1CN(S(=O)(=O)c2ccc(Br)cn2)C[C@H]1c1ccccc1. The Labute approximate surface area is 144 Å². The number of sulfonamides is 1. The highest BCUT2D eigenvalue weighted by Crippen LogP contribution is 2.34. The summed E-state index contributed by atoms with van der Waals surface area (Å²) < 4.78 is 27.8. The van der Waals surface area contributed by atoms with Gasteiger partial charge in [0.25, 0.3) is 10.0 Å². The molecule has 0 radical (unpaired) electrons. The molecule has 7 heteroatoms. The Balaban J connectivity index is 1.88. The summed E-state index contributed by atoms with van der Waals surface area (Å²) in [6.07, 6.45) is 1.50. The molecule has 1 aromatic carbocycles. The van der Waals surface area contributed by atoms with E-state index < -0.39 is 10.0 Å².